The highest BCUT2D eigenvalue weighted by molar-refractivity contribution is 5.94. The Hall–Kier alpha value is -2.28. The molecule has 124 valence electrons. The third-order valence-corrected chi connectivity index (χ3v) is 3.50. The van der Waals surface area contributed by atoms with Gasteiger partial charge in [0.15, 0.2) is 0 Å². The van der Waals surface area contributed by atoms with Gasteiger partial charge in [-0.2, -0.15) is 13.2 Å². The number of hydrogen-bond acceptors (Lipinski definition) is 3. The number of aliphatic hydroxyl groups excluding tert-OH is 1. The van der Waals surface area contributed by atoms with Gasteiger partial charge in [0.2, 0.25) is 0 Å². The van der Waals surface area contributed by atoms with Gasteiger partial charge in [0.05, 0.1) is 29.5 Å². The molecule has 2 atom stereocenters. The molecule has 4 nitrogen and oxygen atoms in total. The molecule has 2 aromatic rings. The molecule has 7 heteroatoms. The number of amides is 1. The number of rotatable bonds is 5. The molecule has 1 aromatic heterocycles. The van der Waals surface area contributed by atoms with Gasteiger partial charge >= 0.3 is 6.18 Å². The number of carbonyl (C=O) groups is 1. The number of aliphatic hydroxyl groups is 1. The number of furan rings is 1. The summed E-state index contributed by atoms with van der Waals surface area (Å²) < 4.78 is 42.4. The van der Waals surface area contributed by atoms with Crippen LogP contribution in [0.25, 0.3) is 0 Å². The Morgan fingerprint density at radius 3 is 2.39 bits per heavy atom. The molecule has 1 aromatic carbocycles. The number of hydrogen-bond donors (Lipinski definition) is 2. The highest BCUT2D eigenvalue weighted by Gasteiger charge is 2.30. The van der Waals surface area contributed by atoms with Gasteiger partial charge in [-0.3, -0.25) is 4.79 Å². The molecule has 0 spiro atoms. The van der Waals surface area contributed by atoms with Crippen LogP contribution in [0.15, 0.2) is 47.3 Å². The van der Waals surface area contributed by atoms with E-state index < -0.39 is 29.8 Å². The fraction of sp³-hybridized carbons (Fsp3) is 0.312. The van der Waals surface area contributed by atoms with Gasteiger partial charge in [0, 0.05) is 0 Å². The van der Waals surface area contributed by atoms with Crippen molar-refractivity contribution in [2.75, 3.05) is 0 Å². The molecule has 0 unspecified atom stereocenters. The Bertz CT molecular complexity index is 636. The molecule has 1 amide bonds. The smallest absolute Gasteiger partial charge is 0.416 e. The molecule has 0 saturated carbocycles. The van der Waals surface area contributed by atoms with Crippen molar-refractivity contribution in [2.45, 2.75) is 31.7 Å². The van der Waals surface area contributed by atoms with Crippen LogP contribution < -0.4 is 5.32 Å². The van der Waals surface area contributed by atoms with Crippen molar-refractivity contribution >= 4 is 5.91 Å². The minimum Gasteiger partial charge on any atom is -0.472 e. The molecular formula is C16H16F3NO3. The first kappa shape index (κ1) is 17.1. The molecule has 0 bridgehead atoms. The normalized spacial score (nSPS) is 14.3. The summed E-state index contributed by atoms with van der Waals surface area (Å²) in [5, 5.41) is 12.9. The Morgan fingerprint density at radius 2 is 1.91 bits per heavy atom. The summed E-state index contributed by atoms with van der Waals surface area (Å²) in [6, 6.07) is 5.08. The average Bonchev–Trinajstić information content (AvgIpc) is 3.05. The summed E-state index contributed by atoms with van der Waals surface area (Å²) in [6.45, 7) is 1.76. The lowest BCUT2D eigenvalue weighted by atomic mass is 9.98. The standard InChI is InChI=1S/C16H16F3NO3/c1-2-13(20-15(22)11-7-8-23-9-11)14(21)10-3-5-12(6-4-10)16(17,18)19/h3-9,13-14,21H,2H2,1H3,(H,20,22)/t13-,14+/m1/s1. The van der Waals surface area contributed by atoms with Crippen molar-refractivity contribution in [3.05, 3.63) is 59.5 Å². The van der Waals surface area contributed by atoms with E-state index in [4.69, 9.17) is 4.42 Å². The third-order valence-electron chi connectivity index (χ3n) is 3.50. The minimum atomic E-state index is -4.43. The van der Waals surface area contributed by atoms with Crippen LogP contribution in [0.3, 0.4) is 0 Å². The molecule has 1 heterocycles. The zero-order valence-corrected chi connectivity index (χ0v) is 12.3. The van der Waals surface area contributed by atoms with E-state index in [9.17, 15) is 23.1 Å². The van der Waals surface area contributed by atoms with Gasteiger partial charge in [-0.1, -0.05) is 19.1 Å². The second-order valence-electron chi connectivity index (χ2n) is 5.06. The molecule has 0 fully saturated rings. The fourth-order valence-electron chi connectivity index (χ4n) is 2.15. The van der Waals surface area contributed by atoms with E-state index >= 15 is 0 Å². The van der Waals surface area contributed by atoms with Crippen LogP contribution in [0.5, 0.6) is 0 Å². The minimum absolute atomic E-state index is 0.303. The van der Waals surface area contributed by atoms with Gasteiger partial charge in [-0.05, 0) is 30.2 Å². The Morgan fingerprint density at radius 1 is 1.26 bits per heavy atom. The summed E-state index contributed by atoms with van der Waals surface area (Å²) in [6.07, 6.45) is -2.51. The number of benzene rings is 1. The number of carbonyl (C=O) groups excluding carboxylic acids is 1. The highest BCUT2D eigenvalue weighted by atomic mass is 19.4. The molecule has 0 aliphatic rings. The first-order chi connectivity index (χ1) is 10.8. The van der Waals surface area contributed by atoms with Crippen LogP contribution in [-0.2, 0) is 6.18 Å². The molecule has 0 aliphatic carbocycles. The number of nitrogens with one attached hydrogen (secondary N) is 1. The summed E-state index contributed by atoms with van der Waals surface area (Å²) in [4.78, 5) is 12.0. The second kappa shape index (κ2) is 6.87. The second-order valence-corrected chi connectivity index (χ2v) is 5.06. The first-order valence-corrected chi connectivity index (χ1v) is 7.01. The van der Waals surface area contributed by atoms with Crippen molar-refractivity contribution < 1.29 is 27.5 Å². The number of halogens is 3. The monoisotopic (exact) mass is 327 g/mol. The van der Waals surface area contributed by atoms with Crippen LogP contribution in [0.1, 0.15) is 40.9 Å². The predicted molar refractivity (Wildman–Crippen MR) is 76.7 cm³/mol. The molecule has 2 N–H and O–H groups in total. The Kier molecular flexibility index (Phi) is 5.10. The molecule has 0 radical (unpaired) electrons. The summed E-state index contributed by atoms with van der Waals surface area (Å²) in [5.41, 5.74) is -0.177. The lowest BCUT2D eigenvalue weighted by Crippen LogP contribution is -2.38. The quantitative estimate of drug-likeness (QED) is 0.883. The van der Waals surface area contributed by atoms with E-state index in [-0.39, 0.29) is 0 Å². The maximum Gasteiger partial charge on any atom is 0.416 e. The predicted octanol–water partition coefficient (Wildman–Crippen LogP) is 3.54. The van der Waals surface area contributed by atoms with Crippen molar-refractivity contribution in [3.63, 3.8) is 0 Å². The van der Waals surface area contributed by atoms with E-state index in [0.717, 1.165) is 12.1 Å². The summed E-state index contributed by atoms with van der Waals surface area (Å²) in [5.74, 6) is -0.420. The van der Waals surface area contributed by atoms with E-state index in [2.05, 4.69) is 5.32 Å². The first-order valence-electron chi connectivity index (χ1n) is 7.01. The van der Waals surface area contributed by atoms with Gasteiger partial charge in [-0.15, -0.1) is 0 Å². The van der Waals surface area contributed by atoms with E-state index in [1.54, 1.807) is 6.92 Å². The largest absolute Gasteiger partial charge is 0.472 e. The van der Waals surface area contributed by atoms with Gasteiger partial charge in [0.1, 0.15) is 6.26 Å². The zero-order valence-electron chi connectivity index (χ0n) is 12.3. The van der Waals surface area contributed by atoms with E-state index in [1.807, 2.05) is 0 Å². The average molecular weight is 327 g/mol. The maximum atomic E-state index is 12.5. The van der Waals surface area contributed by atoms with Gasteiger partial charge < -0.3 is 14.8 Å². The van der Waals surface area contributed by atoms with Crippen molar-refractivity contribution in [1.29, 1.82) is 0 Å². The lowest BCUT2D eigenvalue weighted by Gasteiger charge is -2.23. The SMILES string of the molecule is CC[C@@H](NC(=O)c1ccoc1)[C@@H](O)c1ccc(C(F)(F)F)cc1. The Labute approximate surface area is 130 Å². The number of alkyl halides is 3. The lowest BCUT2D eigenvalue weighted by molar-refractivity contribution is -0.137. The zero-order chi connectivity index (χ0) is 17.0. The highest BCUT2D eigenvalue weighted by Crippen LogP contribution is 2.30. The topological polar surface area (TPSA) is 62.5 Å². The van der Waals surface area contributed by atoms with Crippen molar-refractivity contribution in [2.24, 2.45) is 0 Å². The summed E-state index contributed by atoms with van der Waals surface area (Å²) >= 11 is 0. The Balaban J connectivity index is 2.10. The van der Waals surface area contributed by atoms with Crippen molar-refractivity contribution in [3.8, 4) is 0 Å². The third kappa shape index (κ3) is 4.13. The maximum absolute atomic E-state index is 12.5. The fourth-order valence-corrected chi connectivity index (χ4v) is 2.15. The van der Waals surface area contributed by atoms with Crippen LogP contribution in [-0.4, -0.2) is 17.1 Å². The van der Waals surface area contributed by atoms with Gasteiger partial charge in [-0.25, -0.2) is 0 Å². The molecule has 0 aliphatic heterocycles. The molecule has 2 rings (SSSR count). The van der Waals surface area contributed by atoms with Crippen LogP contribution in [0.4, 0.5) is 13.2 Å². The van der Waals surface area contributed by atoms with E-state index in [1.165, 1.54) is 30.7 Å². The molecule has 23 heavy (non-hydrogen) atoms. The van der Waals surface area contributed by atoms with Crippen LogP contribution in [0.2, 0.25) is 0 Å². The summed E-state index contributed by atoms with van der Waals surface area (Å²) in [7, 11) is 0. The molecular weight excluding hydrogens is 311 g/mol. The molecule has 0 saturated heterocycles. The van der Waals surface area contributed by atoms with Crippen LogP contribution >= 0.6 is 0 Å². The van der Waals surface area contributed by atoms with E-state index in [0.29, 0.717) is 17.5 Å². The van der Waals surface area contributed by atoms with Gasteiger partial charge in [0.25, 0.3) is 5.91 Å². The van der Waals surface area contributed by atoms with Crippen LogP contribution in [0, 0.1) is 0 Å². The van der Waals surface area contributed by atoms with Crippen molar-refractivity contribution in [1.82, 2.24) is 5.32 Å².